The van der Waals surface area contributed by atoms with E-state index in [1.807, 2.05) is 20.8 Å². The van der Waals surface area contributed by atoms with Crippen molar-refractivity contribution >= 4 is 5.97 Å². The van der Waals surface area contributed by atoms with E-state index in [4.69, 9.17) is 5.11 Å². The second-order valence-electron chi connectivity index (χ2n) is 4.99. The summed E-state index contributed by atoms with van der Waals surface area (Å²) < 4.78 is 0. The van der Waals surface area contributed by atoms with Gasteiger partial charge < -0.3 is 10.2 Å². The molecule has 0 aliphatic heterocycles. The zero-order valence-corrected chi connectivity index (χ0v) is 10.3. The van der Waals surface area contributed by atoms with Crippen molar-refractivity contribution in [1.82, 2.24) is 0 Å². The van der Waals surface area contributed by atoms with Gasteiger partial charge >= 0.3 is 5.97 Å². The quantitative estimate of drug-likeness (QED) is 0.688. The molecule has 15 heavy (non-hydrogen) atoms. The largest absolute Gasteiger partial charge is 0.481 e. The van der Waals surface area contributed by atoms with Gasteiger partial charge in [0.2, 0.25) is 0 Å². The second-order valence-corrected chi connectivity index (χ2v) is 4.99. The van der Waals surface area contributed by atoms with Crippen molar-refractivity contribution in [2.45, 2.75) is 59.0 Å². The van der Waals surface area contributed by atoms with Crippen LogP contribution in [0.25, 0.3) is 0 Å². The molecule has 0 aromatic rings. The van der Waals surface area contributed by atoms with Gasteiger partial charge in [-0.25, -0.2) is 0 Å². The summed E-state index contributed by atoms with van der Waals surface area (Å²) in [5, 5.41) is 19.2. The van der Waals surface area contributed by atoms with Crippen molar-refractivity contribution in [3.63, 3.8) is 0 Å². The summed E-state index contributed by atoms with van der Waals surface area (Å²) >= 11 is 0. The van der Waals surface area contributed by atoms with E-state index in [2.05, 4.69) is 0 Å². The Morgan fingerprint density at radius 2 is 1.93 bits per heavy atom. The first-order chi connectivity index (χ1) is 6.81. The molecule has 0 heterocycles. The van der Waals surface area contributed by atoms with Crippen molar-refractivity contribution in [3.05, 3.63) is 0 Å². The molecular weight excluding hydrogens is 192 g/mol. The molecule has 2 atom stereocenters. The van der Waals surface area contributed by atoms with Crippen LogP contribution in [0.5, 0.6) is 0 Å². The summed E-state index contributed by atoms with van der Waals surface area (Å²) in [7, 11) is 0. The molecule has 2 N–H and O–H groups in total. The van der Waals surface area contributed by atoms with E-state index in [-0.39, 0.29) is 0 Å². The van der Waals surface area contributed by atoms with Crippen LogP contribution in [0, 0.1) is 11.8 Å². The van der Waals surface area contributed by atoms with Crippen molar-refractivity contribution in [2.75, 3.05) is 0 Å². The highest BCUT2D eigenvalue weighted by molar-refractivity contribution is 5.71. The Hall–Kier alpha value is -0.570. The van der Waals surface area contributed by atoms with Crippen molar-refractivity contribution < 1.29 is 15.0 Å². The van der Waals surface area contributed by atoms with Gasteiger partial charge in [-0.2, -0.15) is 0 Å². The number of carboxylic acid groups (broad SMARTS) is 1. The molecule has 3 nitrogen and oxygen atoms in total. The lowest BCUT2D eigenvalue weighted by Gasteiger charge is -2.31. The molecule has 0 aromatic carbocycles. The fraction of sp³-hybridized carbons (Fsp3) is 0.917. The van der Waals surface area contributed by atoms with E-state index in [1.54, 1.807) is 6.92 Å². The summed E-state index contributed by atoms with van der Waals surface area (Å²) in [4.78, 5) is 11.1. The van der Waals surface area contributed by atoms with E-state index >= 15 is 0 Å². The highest BCUT2D eigenvalue weighted by atomic mass is 16.4. The average molecular weight is 216 g/mol. The Morgan fingerprint density at radius 3 is 2.27 bits per heavy atom. The molecule has 0 bridgehead atoms. The maximum Gasteiger partial charge on any atom is 0.309 e. The molecule has 0 amide bonds. The molecule has 0 fully saturated rings. The third-order valence-corrected chi connectivity index (χ3v) is 2.72. The summed E-state index contributed by atoms with van der Waals surface area (Å²) in [6.07, 6.45) is 2.91. The highest BCUT2D eigenvalue weighted by Gasteiger charge is 2.37. The molecule has 2 unspecified atom stereocenters. The first-order valence-corrected chi connectivity index (χ1v) is 5.76. The third-order valence-electron chi connectivity index (χ3n) is 2.72. The first kappa shape index (κ1) is 14.4. The summed E-state index contributed by atoms with van der Waals surface area (Å²) in [6, 6.07) is 0. The molecule has 0 rings (SSSR count). The molecule has 90 valence electrons. The van der Waals surface area contributed by atoms with E-state index in [1.165, 1.54) is 0 Å². The maximum atomic E-state index is 11.1. The van der Waals surface area contributed by atoms with Gasteiger partial charge in [0.1, 0.15) is 0 Å². The molecule has 0 saturated carbocycles. The lowest BCUT2D eigenvalue weighted by atomic mass is 9.80. The van der Waals surface area contributed by atoms with Gasteiger partial charge in [0.15, 0.2) is 0 Å². The van der Waals surface area contributed by atoms with E-state index < -0.39 is 17.5 Å². The normalized spacial score (nSPS) is 17.5. The molecule has 0 aliphatic rings. The van der Waals surface area contributed by atoms with Crippen LogP contribution in [-0.2, 0) is 4.79 Å². The minimum absolute atomic E-state index is 0.309. The number of carbonyl (C=O) groups is 1. The van der Waals surface area contributed by atoms with E-state index in [0.29, 0.717) is 18.8 Å². The number of hydrogen-bond donors (Lipinski definition) is 2. The van der Waals surface area contributed by atoms with Gasteiger partial charge in [-0.15, -0.1) is 0 Å². The molecular formula is C12H24O3. The van der Waals surface area contributed by atoms with Gasteiger partial charge in [0, 0.05) is 0 Å². The predicted molar refractivity (Wildman–Crippen MR) is 60.7 cm³/mol. The van der Waals surface area contributed by atoms with Gasteiger partial charge in [-0.1, -0.05) is 33.6 Å². The Bertz CT molecular complexity index is 197. The number of rotatable bonds is 7. The van der Waals surface area contributed by atoms with Gasteiger partial charge in [-0.05, 0) is 25.7 Å². The Morgan fingerprint density at radius 1 is 1.40 bits per heavy atom. The Labute approximate surface area is 92.5 Å². The predicted octanol–water partition coefficient (Wildman–Crippen LogP) is 2.67. The van der Waals surface area contributed by atoms with Crippen LogP contribution < -0.4 is 0 Å². The smallest absolute Gasteiger partial charge is 0.309 e. The first-order valence-electron chi connectivity index (χ1n) is 5.76. The summed E-state index contributed by atoms with van der Waals surface area (Å²) in [5.41, 5.74) is -1.09. The number of hydrogen-bond acceptors (Lipinski definition) is 2. The number of carboxylic acids is 1. The topological polar surface area (TPSA) is 57.5 Å². The van der Waals surface area contributed by atoms with Crippen LogP contribution in [0.4, 0.5) is 0 Å². The lowest BCUT2D eigenvalue weighted by molar-refractivity contribution is -0.152. The lowest BCUT2D eigenvalue weighted by Crippen LogP contribution is -2.40. The Balaban J connectivity index is 4.50. The van der Waals surface area contributed by atoms with Crippen LogP contribution in [0.15, 0.2) is 0 Å². The zero-order valence-electron chi connectivity index (χ0n) is 10.3. The monoisotopic (exact) mass is 216 g/mol. The molecule has 0 aromatic heterocycles. The van der Waals surface area contributed by atoms with Crippen LogP contribution >= 0.6 is 0 Å². The van der Waals surface area contributed by atoms with Crippen molar-refractivity contribution in [1.29, 1.82) is 0 Å². The SMILES string of the molecule is CCCCC(C(=O)O)C(C)(O)CC(C)C. The Kier molecular flexibility index (Phi) is 5.88. The average Bonchev–Trinajstić information content (AvgIpc) is 2.00. The fourth-order valence-electron chi connectivity index (χ4n) is 2.08. The standard InChI is InChI=1S/C12H24O3/c1-5-6-7-10(11(13)14)12(4,15)8-9(2)3/h9-10,15H,5-8H2,1-4H3,(H,13,14). The van der Waals surface area contributed by atoms with Gasteiger partial charge in [0.25, 0.3) is 0 Å². The highest BCUT2D eigenvalue weighted by Crippen LogP contribution is 2.29. The number of unbranched alkanes of at least 4 members (excludes halogenated alkanes) is 1. The van der Waals surface area contributed by atoms with Crippen LogP contribution in [0.1, 0.15) is 53.4 Å². The zero-order chi connectivity index (χ0) is 12.1. The van der Waals surface area contributed by atoms with Gasteiger partial charge in [0.05, 0.1) is 11.5 Å². The molecule has 0 saturated heterocycles. The minimum Gasteiger partial charge on any atom is -0.481 e. The number of aliphatic hydroxyl groups is 1. The molecule has 3 heteroatoms. The van der Waals surface area contributed by atoms with Crippen molar-refractivity contribution in [2.24, 2.45) is 11.8 Å². The van der Waals surface area contributed by atoms with Crippen LogP contribution in [0.2, 0.25) is 0 Å². The molecule has 0 radical (unpaired) electrons. The minimum atomic E-state index is -1.09. The number of aliphatic carboxylic acids is 1. The van der Waals surface area contributed by atoms with E-state index in [9.17, 15) is 9.90 Å². The third kappa shape index (κ3) is 5.17. The summed E-state index contributed by atoms with van der Waals surface area (Å²) in [5.74, 6) is -1.21. The van der Waals surface area contributed by atoms with Crippen LogP contribution in [-0.4, -0.2) is 21.8 Å². The molecule has 0 aliphatic carbocycles. The van der Waals surface area contributed by atoms with Crippen LogP contribution in [0.3, 0.4) is 0 Å². The summed E-state index contributed by atoms with van der Waals surface area (Å²) in [6.45, 7) is 7.65. The fourth-order valence-corrected chi connectivity index (χ4v) is 2.08. The van der Waals surface area contributed by atoms with E-state index in [0.717, 1.165) is 12.8 Å². The molecule has 0 spiro atoms. The van der Waals surface area contributed by atoms with Gasteiger partial charge in [-0.3, -0.25) is 4.79 Å². The maximum absolute atomic E-state index is 11.1. The van der Waals surface area contributed by atoms with Crippen molar-refractivity contribution in [3.8, 4) is 0 Å². The second kappa shape index (κ2) is 6.11.